The number of ether oxygens (including phenoxy) is 1. The van der Waals surface area contributed by atoms with Gasteiger partial charge in [-0.15, -0.1) is 0 Å². The van der Waals surface area contributed by atoms with Gasteiger partial charge in [-0.2, -0.15) is 5.10 Å². The van der Waals surface area contributed by atoms with Crippen LogP contribution in [0, 0.1) is 0 Å². The van der Waals surface area contributed by atoms with Gasteiger partial charge in [-0.1, -0.05) is 60.7 Å². The number of rotatable bonds is 7. The van der Waals surface area contributed by atoms with Crippen LogP contribution in [0.5, 0.6) is 0 Å². The van der Waals surface area contributed by atoms with Crippen LogP contribution in [0.25, 0.3) is 0 Å². The summed E-state index contributed by atoms with van der Waals surface area (Å²) < 4.78 is 7.56. The van der Waals surface area contributed by atoms with Crippen LogP contribution in [0.2, 0.25) is 0 Å². The molecule has 6 heteroatoms. The van der Waals surface area contributed by atoms with Crippen molar-refractivity contribution >= 4 is 5.91 Å². The first-order valence-electron chi connectivity index (χ1n) is 12.0. The number of aryl methyl sites for hydroxylation is 2. The molecule has 1 fully saturated rings. The molecule has 172 valence electrons. The summed E-state index contributed by atoms with van der Waals surface area (Å²) in [5.41, 5.74) is 5.65. The smallest absolute Gasteiger partial charge is 0.274 e. The molecular formula is C27H32N4O2. The lowest BCUT2D eigenvalue weighted by atomic mass is 10.0. The number of nitrogens with zero attached hydrogens (tertiary/aromatic N) is 4. The molecule has 2 aliphatic rings. The van der Waals surface area contributed by atoms with Gasteiger partial charge in [-0.25, -0.2) is 0 Å². The maximum atomic E-state index is 13.4. The Hall–Kier alpha value is -2.96. The van der Waals surface area contributed by atoms with Crippen LogP contribution in [0.3, 0.4) is 0 Å². The van der Waals surface area contributed by atoms with Crippen molar-refractivity contribution in [3.8, 4) is 0 Å². The van der Waals surface area contributed by atoms with Gasteiger partial charge in [-0.05, 0) is 24.0 Å². The minimum Gasteiger partial charge on any atom is -0.378 e. The fourth-order valence-electron chi connectivity index (χ4n) is 4.82. The molecule has 0 bridgehead atoms. The zero-order valence-electron chi connectivity index (χ0n) is 19.2. The first-order chi connectivity index (χ1) is 16.3. The number of amides is 1. The molecule has 3 heterocycles. The number of benzene rings is 2. The Labute approximate surface area is 195 Å². The van der Waals surface area contributed by atoms with Crippen LogP contribution in [0.4, 0.5) is 0 Å². The average Bonchev–Trinajstić information content (AvgIpc) is 3.25. The summed E-state index contributed by atoms with van der Waals surface area (Å²) in [5.74, 6) is 0.0536. The maximum absolute atomic E-state index is 13.4. The van der Waals surface area contributed by atoms with Crippen molar-refractivity contribution < 1.29 is 9.53 Å². The average molecular weight is 445 g/mol. The molecule has 0 aliphatic carbocycles. The third-order valence-electron chi connectivity index (χ3n) is 6.73. The lowest BCUT2D eigenvalue weighted by Gasteiger charge is -2.29. The van der Waals surface area contributed by atoms with E-state index in [1.807, 2.05) is 11.0 Å². The van der Waals surface area contributed by atoms with Crippen LogP contribution < -0.4 is 0 Å². The molecule has 2 aromatic carbocycles. The summed E-state index contributed by atoms with van der Waals surface area (Å²) in [6, 6.07) is 21.1. The molecule has 0 unspecified atom stereocenters. The number of fused-ring (bicyclic) bond motifs is 1. The first kappa shape index (κ1) is 21.9. The summed E-state index contributed by atoms with van der Waals surface area (Å²) in [6.45, 7) is 6.07. The fraction of sp³-hybridized carbons (Fsp3) is 0.407. The Morgan fingerprint density at radius 1 is 0.848 bits per heavy atom. The van der Waals surface area contributed by atoms with E-state index in [4.69, 9.17) is 9.84 Å². The molecule has 0 atom stereocenters. The van der Waals surface area contributed by atoms with E-state index in [1.54, 1.807) is 0 Å². The quantitative estimate of drug-likeness (QED) is 0.562. The van der Waals surface area contributed by atoms with Crippen molar-refractivity contribution in [2.75, 3.05) is 39.4 Å². The summed E-state index contributed by atoms with van der Waals surface area (Å²) >= 11 is 0. The number of carbonyl (C=O) groups is 1. The van der Waals surface area contributed by atoms with Gasteiger partial charge in [0.2, 0.25) is 0 Å². The molecule has 0 N–H and O–H groups in total. The zero-order valence-corrected chi connectivity index (χ0v) is 19.2. The number of carbonyl (C=O) groups excluding carboxylic acids is 1. The molecule has 0 spiro atoms. The van der Waals surface area contributed by atoms with Gasteiger partial charge in [0.25, 0.3) is 5.91 Å². The fourth-order valence-corrected chi connectivity index (χ4v) is 4.82. The Morgan fingerprint density at radius 3 is 2.15 bits per heavy atom. The van der Waals surface area contributed by atoms with E-state index in [0.29, 0.717) is 32.0 Å². The Kier molecular flexibility index (Phi) is 6.84. The predicted octanol–water partition coefficient (Wildman–Crippen LogP) is 3.20. The van der Waals surface area contributed by atoms with Gasteiger partial charge in [0.1, 0.15) is 0 Å². The highest BCUT2D eigenvalue weighted by molar-refractivity contribution is 5.94. The zero-order chi connectivity index (χ0) is 22.5. The number of hydrogen-bond donors (Lipinski definition) is 0. The van der Waals surface area contributed by atoms with E-state index >= 15 is 0 Å². The third-order valence-corrected chi connectivity index (χ3v) is 6.73. The Bertz CT molecular complexity index is 1060. The molecule has 0 radical (unpaired) electrons. The van der Waals surface area contributed by atoms with Crippen LogP contribution in [0.1, 0.15) is 32.9 Å². The summed E-state index contributed by atoms with van der Waals surface area (Å²) in [7, 11) is 0. The second-order valence-corrected chi connectivity index (χ2v) is 8.90. The van der Waals surface area contributed by atoms with Gasteiger partial charge in [0.05, 0.1) is 13.2 Å². The van der Waals surface area contributed by atoms with Gasteiger partial charge >= 0.3 is 0 Å². The van der Waals surface area contributed by atoms with Crippen LogP contribution >= 0.6 is 0 Å². The SMILES string of the molecule is O=C(c1nn(CCc2ccccc2)c2c1CN(CCc1ccccc1)CC2)N1CCOCC1. The summed E-state index contributed by atoms with van der Waals surface area (Å²) in [4.78, 5) is 17.8. The van der Waals surface area contributed by atoms with Crippen LogP contribution in [0.15, 0.2) is 60.7 Å². The summed E-state index contributed by atoms with van der Waals surface area (Å²) in [6.07, 6.45) is 2.87. The van der Waals surface area contributed by atoms with E-state index in [9.17, 15) is 4.79 Å². The van der Waals surface area contributed by atoms with Crippen molar-refractivity contribution in [1.82, 2.24) is 19.6 Å². The lowest BCUT2D eigenvalue weighted by Crippen LogP contribution is -2.41. The Balaban J connectivity index is 1.35. The van der Waals surface area contributed by atoms with Crippen molar-refractivity contribution in [3.05, 3.63) is 88.7 Å². The molecule has 3 aromatic rings. The van der Waals surface area contributed by atoms with E-state index in [1.165, 1.54) is 16.8 Å². The minimum absolute atomic E-state index is 0.0536. The van der Waals surface area contributed by atoms with Crippen molar-refractivity contribution in [2.24, 2.45) is 0 Å². The normalized spacial score (nSPS) is 16.5. The van der Waals surface area contributed by atoms with E-state index in [0.717, 1.165) is 51.0 Å². The maximum Gasteiger partial charge on any atom is 0.274 e. The molecule has 33 heavy (non-hydrogen) atoms. The van der Waals surface area contributed by atoms with Crippen LogP contribution in [-0.4, -0.2) is 64.9 Å². The van der Waals surface area contributed by atoms with E-state index in [-0.39, 0.29) is 5.91 Å². The van der Waals surface area contributed by atoms with Gasteiger partial charge in [0, 0.05) is 56.9 Å². The third kappa shape index (κ3) is 5.18. The van der Waals surface area contributed by atoms with Crippen molar-refractivity contribution in [3.63, 3.8) is 0 Å². The van der Waals surface area contributed by atoms with Gasteiger partial charge in [0.15, 0.2) is 5.69 Å². The second kappa shape index (κ2) is 10.3. The highest BCUT2D eigenvalue weighted by atomic mass is 16.5. The molecule has 1 saturated heterocycles. The first-order valence-corrected chi connectivity index (χ1v) is 12.0. The highest BCUT2D eigenvalue weighted by Crippen LogP contribution is 2.25. The van der Waals surface area contributed by atoms with Gasteiger partial charge in [-0.3, -0.25) is 14.4 Å². The largest absolute Gasteiger partial charge is 0.378 e. The monoisotopic (exact) mass is 444 g/mol. The number of morpholine rings is 1. The van der Waals surface area contributed by atoms with E-state index < -0.39 is 0 Å². The Morgan fingerprint density at radius 2 is 1.48 bits per heavy atom. The highest BCUT2D eigenvalue weighted by Gasteiger charge is 2.30. The van der Waals surface area contributed by atoms with E-state index in [2.05, 4.69) is 64.2 Å². The molecule has 1 aromatic heterocycles. The van der Waals surface area contributed by atoms with Crippen LogP contribution in [-0.2, 0) is 37.1 Å². The van der Waals surface area contributed by atoms with Gasteiger partial charge < -0.3 is 9.64 Å². The minimum atomic E-state index is 0.0536. The molecular weight excluding hydrogens is 412 g/mol. The topological polar surface area (TPSA) is 50.6 Å². The second-order valence-electron chi connectivity index (χ2n) is 8.90. The molecule has 1 amide bonds. The predicted molar refractivity (Wildman–Crippen MR) is 128 cm³/mol. The molecule has 6 nitrogen and oxygen atoms in total. The lowest BCUT2D eigenvalue weighted by molar-refractivity contribution is 0.0297. The number of hydrogen-bond acceptors (Lipinski definition) is 4. The molecule has 0 saturated carbocycles. The number of aromatic nitrogens is 2. The molecule has 2 aliphatic heterocycles. The van der Waals surface area contributed by atoms with Crippen molar-refractivity contribution in [1.29, 1.82) is 0 Å². The summed E-state index contributed by atoms with van der Waals surface area (Å²) in [5, 5.41) is 4.89. The molecule has 5 rings (SSSR count). The van der Waals surface area contributed by atoms with Crippen molar-refractivity contribution in [2.45, 2.75) is 32.4 Å². The standard InChI is InChI=1S/C27H32N4O2/c32-27(30-17-19-33-20-18-30)26-24-21-29(14-11-22-7-3-1-4-8-22)15-13-25(24)31(28-26)16-12-23-9-5-2-6-10-23/h1-10H,11-21H2.